The summed E-state index contributed by atoms with van der Waals surface area (Å²) in [7, 11) is 0. The molecule has 2 atom stereocenters. The van der Waals surface area contributed by atoms with Crippen molar-refractivity contribution in [2.45, 2.75) is 44.8 Å². The molecule has 174 valence electrons. The van der Waals surface area contributed by atoms with Gasteiger partial charge in [0.1, 0.15) is 41.3 Å². The summed E-state index contributed by atoms with van der Waals surface area (Å²) in [5, 5.41) is 5.24. The lowest BCUT2D eigenvalue weighted by molar-refractivity contribution is -0.148. The third kappa shape index (κ3) is 4.28. The second-order valence-electron chi connectivity index (χ2n) is 8.36. The van der Waals surface area contributed by atoms with Crippen LogP contribution in [-0.2, 0) is 9.53 Å². The Hall–Kier alpha value is -4.01. The molecule has 2 unspecified atom stereocenters. The van der Waals surface area contributed by atoms with Crippen molar-refractivity contribution in [2.75, 3.05) is 5.73 Å². The number of esters is 1. The van der Waals surface area contributed by atoms with E-state index < -0.39 is 5.82 Å². The van der Waals surface area contributed by atoms with Crippen LogP contribution in [0, 0.1) is 5.82 Å². The van der Waals surface area contributed by atoms with Gasteiger partial charge in [-0.1, -0.05) is 18.2 Å². The van der Waals surface area contributed by atoms with Crippen molar-refractivity contribution in [1.29, 1.82) is 0 Å². The Morgan fingerprint density at radius 2 is 1.94 bits per heavy atom. The first-order valence-electron chi connectivity index (χ1n) is 11.2. The Balaban J connectivity index is 1.52. The number of nitrogens with zero attached hydrogens (tertiary/aromatic N) is 4. The first-order valence-corrected chi connectivity index (χ1v) is 11.2. The molecule has 34 heavy (non-hydrogen) atoms. The molecule has 0 radical (unpaired) electrons. The standard InChI is InChI=1S/C25H24FN5O3/c1-15(32)33-18-9-5-6-16(12-18)31-25-22(24(27)28-14-29-25)23(30-31)20-11-10-19(13-21(20)26)34-17-7-3-2-4-8-17/h2-4,7-8,10-11,13-14,16,18H,5-6,9,12H2,1H3,(H2,27,28,29). The number of rotatable bonds is 5. The Kier molecular flexibility index (Phi) is 5.83. The van der Waals surface area contributed by atoms with Crippen molar-refractivity contribution in [3.8, 4) is 22.8 Å². The molecule has 1 aliphatic carbocycles. The zero-order chi connectivity index (χ0) is 23.7. The van der Waals surface area contributed by atoms with Crippen LogP contribution in [-0.4, -0.2) is 31.8 Å². The Bertz CT molecular complexity index is 1340. The number of carbonyl (C=O) groups excluding carboxylic acids is 1. The number of anilines is 1. The van der Waals surface area contributed by atoms with E-state index in [9.17, 15) is 4.79 Å². The van der Waals surface area contributed by atoms with Crippen LogP contribution in [0.3, 0.4) is 0 Å². The Morgan fingerprint density at radius 3 is 2.71 bits per heavy atom. The third-order valence-corrected chi connectivity index (χ3v) is 5.97. The lowest BCUT2D eigenvalue weighted by Crippen LogP contribution is -2.27. The molecular formula is C25H24FN5O3. The van der Waals surface area contributed by atoms with Gasteiger partial charge in [-0.05, 0) is 43.5 Å². The normalized spacial score (nSPS) is 18.1. The summed E-state index contributed by atoms with van der Waals surface area (Å²) in [6.45, 7) is 1.41. The SMILES string of the molecule is CC(=O)OC1CCCC(n2nc(-c3ccc(Oc4ccccc4)cc3F)c3c(N)ncnc32)C1. The number of halogens is 1. The second-order valence-corrected chi connectivity index (χ2v) is 8.36. The van der Waals surface area contributed by atoms with Crippen LogP contribution in [0.15, 0.2) is 54.9 Å². The topological polar surface area (TPSA) is 105 Å². The predicted molar refractivity (Wildman–Crippen MR) is 125 cm³/mol. The van der Waals surface area contributed by atoms with E-state index in [0.717, 1.165) is 19.3 Å². The van der Waals surface area contributed by atoms with Gasteiger partial charge in [0, 0.05) is 25.0 Å². The highest BCUT2D eigenvalue weighted by molar-refractivity contribution is 5.98. The second kappa shape index (κ2) is 9.09. The number of aromatic nitrogens is 4. The lowest BCUT2D eigenvalue weighted by atomic mass is 9.93. The quantitative estimate of drug-likeness (QED) is 0.415. The van der Waals surface area contributed by atoms with Gasteiger partial charge in [-0.25, -0.2) is 19.0 Å². The monoisotopic (exact) mass is 461 g/mol. The van der Waals surface area contributed by atoms with E-state index in [0.29, 0.717) is 34.6 Å². The molecule has 2 aromatic heterocycles. The molecule has 2 heterocycles. The van der Waals surface area contributed by atoms with E-state index in [1.165, 1.54) is 19.3 Å². The molecule has 2 aromatic carbocycles. The summed E-state index contributed by atoms with van der Waals surface area (Å²) < 4.78 is 28.2. The molecule has 0 spiro atoms. The van der Waals surface area contributed by atoms with E-state index in [1.807, 2.05) is 18.2 Å². The highest BCUT2D eigenvalue weighted by Crippen LogP contribution is 2.38. The minimum absolute atomic E-state index is 0.0626. The maximum atomic E-state index is 15.3. The lowest BCUT2D eigenvalue weighted by Gasteiger charge is -2.28. The van der Waals surface area contributed by atoms with Crippen molar-refractivity contribution >= 4 is 22.8 Å². The van der Waals surface area contributed by atoms with Crippen molar-refractivity contribution in [2.24, 2.45) is 0 Å². The molecule has 8 nitrogen and oxygen atoms in total. The number of fused-ring (bicyclic) bond motifs is 1. The number of hydrogen-bond acceptors (Lipinski definition) is 7. The van der Waals surface area contributed by atoms with E-state index in [1.54, 1.807) is 28.9 Å². The molecule has 1 saturated carbocycles. The van der Waals surface area contributed by atoms with Gasteiger partial charge in [-0.2, -0.15) is 5.10 Å². The molecule has 1 fully saturated rings. The van der Waals surface area contributed by atoms with Crippen LogP contribution in [0.2, 0.25) is 0 Å². The number of para-hydroxylation sites is 1. The number of carbonyl (C=O) groups is 1. The Labute approximate surface area is 195 Å². The molecule has 0 bridgehead atoms. The van der Waals surface area contributed by atoms with Gasteiger partial charge >= 0.3 is 5.97 Å². The van der Waals surface area contributed by atoms with Crippen molar-refractivity contribution in [3.63, 3.8) is 0 Å². The fourth-order valence-corrected chi connectivity index (χ4v) is 4.50. The average Bonchev–Trinajstić information content (AvgIpc) is 3.20. The molecule has 1 aliphatic rings. The average molecular weight is 461 g/mol. The summed E-state index contributed by atoms with van der Waals surface area (Å²) in [5.41, 5.74) is 7.36. The number of ether oxygens (including phenoxy) is 2. The summed E-state index contributed by atoms with van der Waals surface area (Å²) in [4.78, 5) is 20.0. The number of hydrogen-bond donors (Lipinski definition) is 1. The van der Waals surface area contributed by atoms with Gasteiger partial charge in [-0.15, -0.1) is 0 Å². The van der Waals surface area contributed by atoms with Crippen LogP contribution in [0.1, 0.15) is 38.6 Å². The van der Waals surface area contributed by atoms with Gasteiger partial charge in [0.2, 0.25) is 0 Å². The molecule has 2 N–H and O–H groups in total. The minimum Gasteiger partial charge on any atom is -0.462 e. The molecule has 0 aliphatic heterocycles. The summed E-state index contributed by atoms with van der Waals surface area (Å²) in [6, 6.07) is 13.7. The smallest absolute Gasteiger partial charge is 0.302 e. The van der Waals surface area contributed by atoms with Gasteiger partial charge in [0.05, 0.1) is 11.4 Å². The predicted octanol–water partition coefficient (Wildman–Crippen LogP) is 5.05. The molecular weight excluding hydrogens is 437 g/mol. The van der Waals surface area contributed by atoms with Gasteiger partial charge in [0.25, 0.3) is 0 Å². The zero-order valence-electron chi connectivity index (χ0n) is 18.6. The number of nitrogens with two attached hydrogens (primary N) is 1. The van der Waals surface area contributed by atoms with Crippen molar-refractivity contribution < 1.29 is 18.7 Å². The van der Waals surface area contributed by atoms with Crippen LogP contribution in [0.5, 0.6) is 11.5 Å². The van der Waals surface area contributed by atoms with E-state index in [4.69, 9.17) is 20.3 Å². The fourth-order valence-electron chi connectivity index (χ4n) is 4.50. The fraction of sp³-hybridized carbons (Fsp3) is 0.280. The third-order valence-electron chi connectivity index (χ3n) is 5.97. The number of benzene rings is 2. The molecule has 5 rings (SSSR count). The first-order chi connectivity index (χ1) is 16.5. The van der Waals surface area contributed by atoms with Gasteiger partial charge < -0.3 is 15.2 Å². The molecule has 9 heteroatoms. The van der Waals surface area contributed by atoms with Crippen LogP contribution >= 0.6 is 0 Å². The molecule has 0 saturated heterocycles. The van der Waals surface area contributed by atoms with Crippen LogP contribution in [0.4, 0.5) is 10.2 Å². The summed E-state index contributed by atoms with van der Waals surface area (Å²) in [5.74, 6) is 0.411. The maximum Gasteiger partial charge on any atom is 0.302 e. The highest BCUT2D eigenvalue weighted by Gasteiger charge is 2.29. The minimum atomic E-state index is -0.496. The van der Waals surface area contributed by atoms with E-state index in [2.05, 4.69) is 9.97 Å². The van der Waals surface area contributed by atoms with Crippen molar-refractivity contribution in [1.82, 2.24) is 19.7 Å². The van der Waals surface area contributed by atoms with Crippen LogP contribution < -0.4 is 10.5 Å². The maximum absolute atomic E-state index is 15.3. The van der Waals surface area contributed by atoms with E-state index in [-0.39, 0.29) is 29.5 Å². The summed E-state index contributed by atoms with van der Waals surface area (Å²) >= 11 is 0. The molecule has 0 amide bonds. The van der Waals surface area contributed by atoms with Crippen molar-refractivity contribution in [3.05, 3.63) is 60.7 Å². The molecule has 4 aromatic rings. The number of nitrogen functional groups attached to an aromatic ring is 1. The van der Waals surface area contributed by atoms with Gasteiger partial charge in [0.15, 0.2) is 5.65 Å². The highest BCUT2D eigenvalue weighted by atomic mass is 19.1. The van der Waals surface area contributed by atoms with Crippen LogP contribution in [0.25, 0.3) is 22.3 Å². The zero-order valence-corrected chi connectivity index (χ0v) is 18.6. The van der Waals surface area contributed by atoms with Gasteiger partial charge in [-0.3, -0.25) is 4.79 Å². The Morgan fingerprint density at radius 1 is 1.12 bits per heavy atom. The first kappa shape index (κ1) is 21.8. The largest absolute Gasteiger partial charge is 0.462 e. The summed E-state index contributed by atoms with van der Waals surface area (Å²) in [6.07, 6.45) is 4.30. The van der Waals surface area contributed by atoms with E-state index >= 15 is 4.39 Å².